The molecule has 6 nitrogen and oxygen atoms in total. The van der Waals surface area contributed by atoms with Crippen molar-refractivity contribution in [3.8, 4) is 0 Å². The summed E-state index contributed by atoms with van der Waals surface area (Å²) in [4.78, 5) is 13.9. The van der Waals surface area contributed by atoms with Gasteiger partial charge >= 0.3 is 0 Å². The third-order valence-electron chi connectivity index (χ3n) is 3.47. The van der Waals surface area contributed by atoms with Crippen molar-refractivity contribution in [1.82, 2.24) is 10.2 Å². The normalized spacial score (nSPS) is 11.0. The van der Waals surface area contributed by atoms with Crippen LogP contribution in [0.3, 0.4) is 0 Å². The van der Waals surface area contributed by atoms with Gasteiger partial charge in [-0.3, -0.25) is 4.79 Å². The molecule has 0 aromatic heterocycles. The Bertz CT molecular complexity index is 311. The smallest absolute Gasteiger partial charge is 0.221 e. The van der Waals surface area contributed by atoms with E-state index in [1.165, 1.54) is 0 Å². The zero-order valence-corrected chi connectivity index (χ0v) is 14.8. The van der Waals surface area contributed by atoms with Crippen molar-refractivity contribution in [2.45, 2.75) is 39.0 Å². The molecule has 0 aromatic rings. The van der Waals surface area contributed by atoms with Crippen molar-refractivity contribution >= 4 is 5.91 Å². The third-order valence-corrected chi connectivity index (χ3v) is 3.47. The van der Waals surface area contributed by atoms with Crippen molar-refractivity contribution in [2.24, 2.45) is 11.5 Å². The fourth-order valence-corrected chi connectivity index (χ4v) is 2.24. The van der Waals surface area contributed by atoms with E-state index >= 15 is 0 Å². The quantitative estimate of drug-likeness (QED) is 0.289. The van der Waals surface area contributed by atoms with Crippen molar-refractivity contribution in [3.63, 3.8) is 0 Å². The van der Waals surface area contributed by atoms with Crippen LogP contribution in [0, 0.1) is 0 Å². The number of nitrogens with two attached hydrogens (primary N) is 2. The summed E-state index contributed by atoms with van der Waals surface area (Å²) in [6.07, 6.45) is 4.49. The second kappa shape index (κ2) is 15.9. The Morgan fingerprint density at radius 2 is 1.91 bits per heavy atom. The molecule has 0 fully saturated rings. The summed E-state index contributed by atoms with van der Waals surface area (Å²) in [6, 6.07) is 0. The van der Waals surface area contributed by atoms with E-state index in [0.717, 1.165) is 57.5 Å². The molecule has 0 radical (unpaired) electrons. The second-order valence-corrected chi connectivity index (χ2v) is 5.78. The van der Waals surface area contributed by atoms with Gasteiger partial charge in [0.05, 0.1) is 6.61 Å². The van der Waals surface area contributed by atoms with E-state index in [0.29, 0.717) is 32.7 Å². The molecule has 6 heteroatoms. The molecule has 136 valence electrons. The Balaban J connectivity index is 3.74. The molecule has 0 rings (SSSR count). The number of carbonyl (C=O) groups is 1. The zero-order chi connectivity index (χ0) is 17.3. The Kier molecular flexibility index (Phi) is 15.3. The molecule has 0 atom stereocenters. The van der Waals surface area contributed by atoms with Gasteiger partial charge in [-0.2, -0.15) is 0 Å². The first kappa shape index (κ1) is 22.1. The number of rotatable bonds is 16. The van der Waals surface area contributed by atoms with E-state index < -0.39 is 0 Å². The molecule has 0 aliphatic carbocycles. The van der Waals surface area contributed by atoms with Gasteiger partial charge in [-0.05, 0) is 38.8 Å². The van der Waals surface area contributed by atoms with Crippen LogP contribution in [0.4, 0.5) is 0 Å². The van der Waals surface area contributed by atoms with Crippen molar-refractivity contribution in [3.05, 3.63) is 12.2 Å². The van der Waals surface area contributed by atoms with Gasteiger partial charge in [-0.15, -0.1) is 0 Å². The molecule has 1 amide bonds. The van der Waals surface area contributed by atoms with Gasteiger partial charge in [0.25, 0.3) is 0 Å². The van der Waals surface area contributed by atoms with Crippen LogP contribution in [0.1, 0.15) is 39.0 Å². The lowest BCUT2D eigenvalue weighted by Crippen LogP contribution is -2.34. The molecular weight excluding hydrogens is 292 g/mol. The van der Waals surface area contributed by atoms with Crippen LogP contribution in [0.5, 0.6) is 0 Å². The second-order valence-electron chi connectivity index (χ2n) is 5.78. The molecule has 0 bridgehead atoms. The van der Waals surface area contributed by atoms with Crippen LogP contribution in [0.25, 0.3) is 0 Å². The van der Waals surface area contributed by atoms with Gasteiger partial charge in [0.2, 0.25) is 5.91 Å². The molecule has 23 heavy (non-hydrogen) atoms. The Morgan fingerprint density at radius 3 is 2.57 bits per heavy atom. The third kappa shape index (κ3) is 14.4. The maximum absolute atomic E-state index is 11.6. The predicted molar refractivity (Wildman–Crippen MR) is 96.3 cm³/mol. The van der Waals surface area contributed by atoms with Crippen molar-refractivity contribution in [2.75, 3.05) is 52.5 Å². The molecule has 0 aliphatic heterocycles. The van der Waals surface area contributed by atoms with Crippen LogP contribution in [0.2, 0.25) is 0 Å². The first-order valence-corrected chi connectivity index (χ1v) is 8.77. The van der Waals surface area contributed by atoms with Crippen molar-refractivity contribution < 1.29 is 9.53 Å². The van der Waals surface area contributed by atoms with E-state index in [9.17, 15) is 4.79 Å². The lowest BCUT2D eigenvalue weighted by molar-refractivity contribution is -0.121. The first-order chi connectivity index (χ1) is 11.1. The Morgan fingerprint density at radius 1 is 1.13 bits per heavy atom. The fourth-order valence-electron chi connectivity index (χ4n) is 2.24. The summed E-state index contributed by atoms with van der Waals surface area (Å²) in [5.74, 6) is 0.0732. The summed E-state index contributed by atoms with van der Waals surface area (Å²) in [5.41, 5.74) is 11.9. The highest BCUT2D eigenvalue weighted by Crippen LogP contribution is 2.03. The highest BCUT2D eigenvalue weighted by molar-refractivity contribution is 5.76. The topological polar surface area (TPSA) is 93.6 Å². The van der Waals surface area contributed by atoms with Crippen LogP contribution < -0.4 is 16.8 Å². The largest absolute Gasteiger partial charge is 0.377 e. The van der Waals surface area contributed by atoms with Gasteiger partial charge in [-0.1, -0.05) is 19.1 Å². The molecule has 0 saturated carbocycles. The number of nitrogens with one attached hydrogen (secondary N) is 1. The molecule has 0 unspecified atom stereocenters. The molecule has 0 heterocycles. The lowest BCUT2D eigenvalue weighted by atomic mass is 10.2. The highest BCUT2D eigenvalue weighted by atomic mass is 16.5. The number of carbonyl (C=O) groups excluding carboxylic acids is 1. The maximum atomic E-state index is 11.6. The van der Waals surface area contributed by atoms with E-state index in [4.69, 9.17) is 16.2 Å². The minimum atomic E-state index is 0.0732. The number of nitrogens with zero attached hydrogens (tertiary/aromatic N) is 1. The fraction of sp³-hybridized carbons (Fsp3) is 0.824. The van der Waals surface area contributed by atoms with Gasteiger partial charge in [0.1, 0.15) is 0 Å². The first-order valence-electron chi connectivity index (χ1n) is 8.77. The van der Waals surface area contributed by atoms with Gasteiger partial charge in [0, 0.05) is 39.2 Å². The molecule has 0 aromatic carbocycles. The van der Waals surface area contributed by atoms with Crippen LogP contribution in [-0.2, 0) is 9.53 Å². The number of hydrogen-bond acceptors (Lipinski definition) is 5. The van der Waals surface area contributed by atoms with Crippen LogP contribution in [-0.4, -0.2) is 63.3 Å². The monoisotopic (exact) mass is 328 g/mol. The summed E-state index contributed by atoms with van der Waals surface area (Å²) < 4.78 is 5.64. The van der Waals surface area contributed by atoms with Crippen LogP contribution >= 0.6 is 0 Å². The summed E-state index contributed by atoms with van der Waals surface area (Å²) >= 11 is 0. The average Bonchev–Trinajstić information content (AvgIpc) is 2.55. The summed E-state index contributed by atoms with van der Waals surface area (Å²) in [7, 11) is 0. The van der Waals surface area contributed by atoms with Gasteiger partial charge in [-0.25, -0.2) is 0 Å². The Hall–Kier alpha value is -0.950. The molecule has 5 N–H and O–H groups in total. The standard InChI is InChI=1S/C17H36N4O2/c1-3-11-21(13-7-17(22)20-10-9-19)12-5-14-23-15-16(2)6-4-8-18/h2-15,18-19H2,1H3,(H,20,22). The summed E-state index contributed by atoms with van der Waals surface area (Å²) in [6.45, 7) is 12.0. The SMILES string of the molecule is C=C(CCCN)COCCCN(CCC)CCC(=O)NCCN. The molecule has 0 saturated heterocycles. The number of amides is 1. The Labute approximate surface area is 141 Å². The lowest BCUT2D eigenvalue weighted by Gasteiger charge is -2.21. The van der Waals surface area contributed by atoms with Gasteiger partial charge in [0.15, 0.2) is 0 Å². The van der Waals surface area contributed by atoms with E-state index in [1.807, 2.05) is 0 Å². The van der Waals surface area contributed by atoms with Crippen LogP contribution in [0.15, 0.2) is 12.2 Å². The maximum Gasteiger partial charge on any atom is 0.221 e. The molecule has 0 aliphatic rings. The van der Waals surface area contributed by atoms with Gasteiger partial charge < -0.3 is 26.4 Å². The minimum absolute atomic E-state index is 0.0732. The molecular formula is C17H36N4O2. The highest BCUT2D eigenvalue weighted by Gasteiger charge is 2.07. The van der Waals surface area contributed by atoms with E-state index in [2.05, 4.69) is 23.7 Å². The van der Waals surface area contributed by atoms with Crippen molar-refractivity contribution in [1.29, 1.82) is 0 Å². The average molecular weight is 329 g/mol. The van der Waals surface area contributed by atoms with E-state index in [1.54, 1.807) is 0 Å². The number of ether oxygens (including phenoxy) is 1. The number of hydrogen-bond donors (Lipinski definition) is 3. The molecule has 0 spiro atoms. The summed E-state index contributed by atoms with van der Waals surface area (Å²) in [5, 5.41) is 2.80. The van der Waals surface area contributed by atoms with E-state index in [-0.39, 0.29) is 5.91 Å². The predicted octanol–water partition coefficient (Wildman–Crippen LogP) is 0.865. The minimum Gasteiger partial charge on any atom is -0.377 e. The zero-order valence-electron chi connectivity index (χ0n) is 14.8.